The van der Waals surface area contributed by atoms with Crippen LogP contribution in [0, 0.1) is 0 Å². The van der Waals surface area contributed by atoms with Crippen molar-refractivity contribution in [2.24, 2.45) is 7.05 Å². The Labute approximate surface area is 71.4 Å². The van der Waals surface area contributed by atoms with E-state index in [9.17, 15) is 0 Å². The molecule has 1 heterocycles. The molecule has 0 fully saturated rings. The van der Waals surface area contributed by atoms with Gasteiger partial charge in [0.05, 0.1) is 13.2 Å². The maximum Gasteiger partial charge on any atom is 0.248 e. The fourth-order valence-electron chi connectivity index (χ4n) is 0.577. The average Bonchev–Trinajstić information content (AvgIpc) is 2.34. The summed E-state index contributed by atoms with van der Waals surface area (Å²) in [5, 5.41) is 8.89. The number of carboxylic acids is 1. The van der Waals surface area contributed by atoms with Crippen molar-refractivity contribution >= 4 is 12.2 Å². The Kier molecular flexibility index (Phi) is 4.45. The minimum Gasteiger partial charge on any atom is -0.550 e. The topological polar surface area (TPSA) is 48.9 Å². The predicted molar refractivity (Wildman–Crippen MR) is 42.7 cm³/mol. The number of imidazole rings is 1. The average molecular weight is 168 g/mol. The van der Waals surface area contributed by atoms with Crippen molar-refractivity contribution in [1.29, 1.82) is 0 Å². The fraction of sp³-hybridized carbons (Fsp3) is 0.250. The minimum atomic E-state index is -1.08. The molecule has 0 saturated heterocycles. The molecular formula is C8H12N2O2. The van der Waals surface area contributed by atoms with Gasteiger partial charge in [-0.2, -0.15) is 0 Å². The molecule has 1 aromatic heterocycles. The van der Waals surface area contributed by atoms with E-state index in [0.717, 1.165) is 6.92 Å². The van der Waals surface area contributed by atoms with Gasteiger partial charge in [0.25, 0.3) is 0 Å². The Balaban J connectivity index is 0.000000261. The Morgan fingerprint density at radius 1 is 1.75 bits per heavy atom. The molecular weight excluding hydrogens is 156 g/mol. The minimum absolute atomic E-state index is 0.972. The molecule has 0 unspecified atom stereocenters. The summed E-state index contributed by atoms with van der Waals surface area (Å²) in [5.41, 5.74) is 0. The van der Waals surface area contributed by atoms with Crippen molar-refractivity contribution in [1.82, 2.24) is 4.57 Å². The second-order valence-electron chi connectivity index (χ2n) is 2.20. The number of nitrogens with zero attached hydrogens (tertiary/aromatic N) is 2. The summed E-state index contributed by atoms with van der Waals surface area (Å²) in [6.45, 7) is 4.57. The fourth-order valence-corrected chi connectivity index (χ4v) is 0.577. The molecule has 0 aliphatic heterocycles. The number of aliphatic carboxylic acids is 1. The van der Waals surface area contributed by atoms with Crippen LogP contribution in [0.15, 0.2) is 25.3 Å². The van der Waals surface area contributed by atoms with Crippen LogP contribution in [0.4, 0.5) is 0 Å². The second kappa shape index (κ2) is 5.12. The van der Waals surface area contributed by atoms with Gasteiger partial charge < -0.3 is 9.90 Å². The van der Waals surface area contributed by atoms with Gasteiger partial charge in [-0.05, 0) is 6.92 Å². The Morgan fingerprint density at radius 2 is 2.25 bits per heavy atom. The number of aryl methyl sites for hydroxylation is 1. The summed E-state index contributed by atoms with van der Waals surface area (Å²) in [6.07, 6.45) is 7.58. The summed E-state index contributed by atoms with van der Waals surface area (Å²) in [4.78, 5) is 8.89. The third kappa shape index (κ3) is 5.22. The Morgan fingerprint density at radius 3 is 2.42 bits per heavy atom. The number of carbonyl (C=O) groups is 1. The third-order valence-electron chi connectivity index (χ3n) is 1.00. The van der Waals surface area contributed by atoms with Crippen LogP contribution in [0.2, 0.25) is 0 Å². The number of carboxylic acid groups (broad SMARTS) is 1. The number of hydrogen-bond donors (Lipinski definition) is 0. The molecule has 1 aromatic rings. The Bertz CT molecular complexity index is 262. The molecule has 4 heteroatoms. The lowest BCUT2D eigenvalue weighted by Gasteiger charge is -1.77. The number of rotatable bonds is 1. The van der Waals surface area contributed by atoms with Crippen LogP contribution >= 0.6 is 0 Å². The molecule has 12 heavy (non-hydrogen) atoms. The summed E-state index contributed by atoms with van der Waals surface area (Å²) in [5.74, 6) is -1.08. The smallest absolute Gasteiger partial charge is 0.248 e. The van der Waals surface area contributed by atoms with Crippen molar-refractivity contribution in [2.75, 3.05) is 0 Å². The number of hydrogen-bond acceptors (Lipinski definition) is 2. The van der Waals surface area contributed by atoms with Crippen LogP contribution in [-0.2, 0) is 11.8 Å². The van der Waals surface area contributed by atoms with Crippen LogP contribution in [0.3, 0.4) is 0 Å². The van der Waals surface area contributed by atoms with Crippen LogP contribution in [0.1, 0.15) is 6.92 Å². The molecule has 0 N–H and O–H groups in total. The van der Waals surface area contributed by atoms with Gasteiger partial charge in [0.15, 0.2) is 0 Å². The first-order chi connectivity index (χ1) is 5.56. The first-order valence-electron chi connectivity index (χ1n) is 3.39. The highest BCUT2D eigenvalue weighted by atomic mass is 16.4. The zero-order valence-corrected chi connectivity index (χ0v) is 7.23. The van der Waals surface area contributed by atoms with E-state index in [4.69, 9.17) is 9.90 Å². The van der Waals surface area contributed by atoms with Crippen molar-refractivity contribution in [2.45, 2.75) is 6.92 Å². The lowest BCUT2D eigenvalue weighted by atomic mass is 10.8. The molecule has 66 valence electrons. The lowest BCUT2D eigenvalue weighted by Crippen LogP contribution is -2.23. The van der Waals surface area contributed by atoms with Gasteiger partial charge in [-0.3, -0.25) is 0 Å². The molecule has 0 aliphatic carbocycles. The van der Waals surface area contributed by atoms with Gasteiger partial charge in [0.1, 0.15) is 12.4 Å². The van der Waals surface area contributed by atoms with Crippen molar-refractivity contribution in [3.63, 3.8) is 0 Å². The quantitative estimate of drug-likeness (QED) is 0.514. The van der Waals surface area contributed by atoms with Crippen molar-refractivity contribution in [3.8, 4) is 0 Å². The molecule has 4 nitrogen and oxygen atoms in total. The zero-order valence-electron chi connectivity index (χ0n) is 7.23. The van der Waals surface area contributed by atoms with Crippen LogP contribution in [0.25, 0.3) is 6.20 Å². The van der Waals surface area contributed by atoms with E-state index in [1.165, 1.54) is 0 Å². The second-order valence-corrected chi connectivity index (χ2v) is 2.20. The van der Waals surface area contributed by atoms with E-state index in [2.05, 4.69) is 6.58 Å². The molecule has 0 bridgehead atoms. The Hall–Kier alpha value is -1.58. The molecule has 0 spiro atoms. The van der Waals surface area contributed by atoms with Crippen molar-refractivity contribution in [3.05, 3.63) is 25.3 Å². The third-order valence-corrected chi connectivity index (χ3v) is 1.00. The SMILES string of the molecule is C=Cn1cc[n+](C)c1.CC(=O)[O-]. The van der Waals surface area contributed by atoms with Crippen LogP contribution in [-0.4, -0.2) is 10.5 Å². The zero-order chi connectivity index (χ0) is 9.56. The summed E-state index contributed by atoms with van der Waals surface area (Å²) >= 11 is 0. The lowest BCUT2D eigenvalue weighted by molar-refractivity contribution is -0.670. The van der Waals surface area contributed by atoms with Gasteiger partial charge in [-0.15, -0.1) is 0 Å². The molecule has 1 rings (SSSR count). The standard InChI is InChI=1S/C6H9N2.C2H4O2/c1-3-8-5-4-7(2)6-8;1-2(3)4/h3-6H,1H2,2H3;1H3,(H,3,4)/q+1;/p-1. The summed E-state index contributed by atoms with van der Waals surface area (Å²) < 4.78 is 3.85. The summed E-state index contributed by atoms with van der Waals surface area (Å²) in [7, 11) is 1.97. The van der Waals surface area contributed by atoms with E-state index in [-0.39, 0.29) is 0 Å². The monoisotopic (exact) mass is 168 g/mol. The first-order valence-corrected chi connectivity index (χ1v) is 3.39. The highest BCUT2D eigenvalue weighted by molar-refractivity contribution is 5.60. The van der Waals surface area contributed by atoms with E-state index < -0.39 is 5.97 Å². The normalized spacial score (nSPS) is 8.17. The molecule has 0 radical (unpaired) electrons. The van der Waals surface area contributed by atoms with E-state index in [0.29, 0.717) is 0 Å². The highest BCUT2D eigenvalue weighted by Gasteiger charge is 1.90. The first kappa shape index (κ1) is 10.4. The number of carbonyl (C=O) groups excluding carboxylic acids is 1. The highest BCUT2D eigenvalue weighted by Crippen LogP contribution is 1.79. The van der Waals surface area contributed by atoms with E-state index >= 15 is 0 Å². The summed E-state index contributed by atoms with van der Waals surface area (Å²) in [6, 6.07) is 0. The van der Waals surface area contributed by atoms with Gasteiger partial charge >= 0.3 is 0 Å². The molecule has 0 atom stereocenters. The molecule has 0 aromatic carbocycles. The number of aromatic nitrogens is 2. The molecule has 0 amide bonds. The molecule has 0 saturated carbocycles. The molecule has 0 aliphatic rings. The maximum atomic E-state index is 8.89. The van der Waals surface area contributed by atoms with E-state index in [1.54, 1.807) is 6.20 Å². The van der Waals surface area contributed by atoms with Crippen LogP contribution in [0.5, 0.6) is 0 Å². The maximum absolute atomic E-state index is 8.89. The van der Waals surface area contributed by atoms with Crippen LogP contribution < -0.4 is 9.67 Å². The van der Waals surface area contributed by atoms with Gasteiger partial charge in [0.2, 0.25) is 6.33 Å². The largest absolute Gasteiger partial charge is 0.550 e. The van der Waals surface area contributed by atoms with Crippen molar-refractivity contribution < 1.29 is 14.5 Å². The van der Waals surface area contributed by atoms with E-state index in [1.807, 2.05) is 34.9 Å². The van der Waals surface area contributed by atoms with Gasteiger partial charge in [-0.25, -0.2) is 9.13 Å². The van der Waals surface area contributed by atoms with Gasteiger partial charge in [0, 0.05) is 5.97 Å². The van der Waals surface area contributed by atoms with Gasteiger partial charge in [-0.1, -0.05) is 6.58 Å². The predicted octanol–water partition coefficient (Wildman–Crippen LogP) is -0.831.